The van der Waals surface area contributed by atoms with Crippen LogP contribution in [0.15, 0.2) is 29.2 Å². The molecule has 0 radical (unpaired) electrons. The molecule has 1 unspecified atom stereocenters. The van der Waals surface area contributed by atoms with Gasteiger partial charge in [-0.15, -0.1) is 24.1 Å². The van der Waals surface area contributed by atoms with Gasteiger partial charge in [0.1, 0.15) is 0 Å². The first-order valence-electron chi connectivity index (χ1n) is 6.32. The van der Waals surface area contributed by atoms with Crippen molar-refractivity contribution in [3.05, 3.63) is 29.3 Å². The summed E-state index contributed by atoms with van der Waals surface area (Å²) < 4.78 is 0. The van der Waals surface area contributed by atoms with Gasteiger partial charge in [0.05, 0.1) is 5.02 Å². The van der Waals surface area contributed by atoms with E-state index in [1.54, 1.807) is 11.8 Å². The number of hydrogen-bond acceptors (Lipinski definition) is 2. The highest BCUT2D eigenvalue weighted by Gasteiger charge is 2.09. The molecule has 1 aromatic rings. The number of nitrogens with one attached hydrogen (secondary N) is 1. The Morgan fingerprint density at radius 3 is 2.89 bits per heavy atom. The van der Waals surface area contributed by atoms with Crippen LogP contribution in [0, 0.1) is 12.3 Å². The van der Waals surface area contributed by atoms with Crippen LogP contribution in [-0.4, -0.2) is 18.3 Å². The van der Waals surface area contributed by atoms with E-state index in [1.807, 2.05) is 18.2 Å². The minimum Gasteiger partial charge on any atom is -0.313 e. The van der Waals surface area contributed by atoms with Gasteiger partial charge in [-0.05, 0) is 31.5 Å². The van der Waals surface area contributed by atoms with E-state index in [9.17, 15) is 0 Å². The van der Waals surface area contributed by atoms with Crippen molar-refractivity contribution in [2.75, 3.05) is 12.3 Å². The molecular weight excluding hydrogens is 262 g/mol. The molecule has 0 aromatic heterocycles. The van der Waals surface area contributed by atoms with Crippen molar-refractivity contribution >= 4 is 23.4 Å². The molecule has 1 N–H and O–H groups in total. The Labute approximate surface area is 120 Å². The van der Waals surface area contributed by atoms with Gasteiger partial charge in [-0.1, -0.05) is 30.7 Å². The summed E-state index contributed by atoms with van der Waals surface area (Å²) in [6.45, 7) is 3.21. The molecule has 18 heavy (non-hydrogen) atoms. The summed E-state index contributed by atoms with van der Waals surface area (Å²) in [5.74, 6) is 3.71. The fraction of sp³-hybridized carbons (Fsp3) is 0.467. The molecule has 0 saturated heterocycles. The molecule has 1 rings (SSSR count). The molecule has 3 heteroatoms. The second-order valence-corrected chi connectivity index (χ2v) is 5.60. The van der Waals surface area contributed by atoms with Crippen LogP contribution < -0.4 is 5.32 Å². The maximum Gasteiger partial charge on any atom is 0.0541 e. The summed E-state index contributed by atoms with van der Waals surface area (Å²) in [5, 5.41) is 4.36. The molecule has 0 saturated carbocycles. The number of benzene rings is 1. The first-order valence-corrected chi connectivity index (χ1v) is 7.68. The van der Waals surface area contributed by atoms with Gasteiger partial charge >= 0.3 is 0 Å². The number of terminal acetylenes is 1. The van der Waals surface area contributed by atoms with Crippen LogP contribution in [0.1, 0.15) is 26.2 Å². The SMILES string of the molecule is C#CCCC(CSc1ccccc1Cl)NCCC. The van der Waals surface area contributed by atoms with Gasteiger partial charge < -0.3 is 5.32 Å². The van der Waals surface area contributed by atoms with E-state index < -0.39 is 0 Å². The van der Waals surface area contributed by atoms with E-state index >= 15 is 0 Å². The molecule has 1 aromatic carbocycles. The first kappa shape index (κ1) is 15.4. The van der Waals surface area contributed by atoms with Gasteiger partial charge in [-0.2, -0.15) is 0 Å². The van der Waals surface area contributed by atoms with Crippen LogP contribution in [0.2, 0.25) is 5.02 Å². The molecule has 0 bridgehead atoms. The monoisotopic (exact) mass is 281 g/mol. The standard InChI is InChI=1S/C15H20ClNS/c1-3-5-8-13(17-11-4-2)12-18-15-10-7-6-9-14(15)16/h1,6-7,9-10,13,17H,4-5,8,11-12H2,2H3. The van der Waals surface area contributed by atoms with Crippen LogP contribution in [0.25, 0.3) is 0 Å². The Balaban J connectivity index is 2.45. The van der Waals surface area contributed by atoms with Gasteiger partial charge in [-0.3, -0.25) is 0 Å². The highest BCUT2D eigenvalue weighted by molar-refractivity contribution is 7.99. The van der Waals surface area contributed by atoms with E-state index in [4.69, 9.17) is 18.0 Å². The van der Waals surface area contributed by atoms with Gasteiger partial charge in [0, 0.05) is 23.1 Å². The predicted molar refractivity (Wildman–Crippen MR) is 82.3 cm³/mol. The molecule has 0 aliphatic carbocycles. The molecule has 98 valence electrons. The highest BCUT2D eigenvalue weighted by atomic mass is 35.5. The van der Waals surface area contributed by atoms with E-state index in [-0.39, 0.29) is 0 Å². The van der Waals surface area contributed by atoms with E-state index in [1.165, 1.54) is 0 Å². The lowest BCUT2D eigenvalue weighted by molar-refractivity contribution is 0.526. The van der Waals surface area contributed by atoms with Gasteiger partial charge in [0.2, 0.25) is 0 Å². The fourth-order valence-electron chi connectivity index (χ4n) is 1.60. The molecule has 0 aliphatic heterocycles. The zero-order valence-electron chi connectivity index (χ0n) is 10.8. The minimum absolute atomic E-state index is 0.460. The highest BCUT2D eigenvalue weighted by Crippen LogP contribution is 2.27. The fourth-order valence-corrected chi connectivity index (χ4v) is 2.95. The molecule has 1 atom stereocenters. The predicted octanol–water partition coefficient (Wildman–Crippen LogP) is 4.21. The molecule has 0 heterocycles. The largest absolute Gasteiger partial charge is 0.313 e. The summed E-state index contributed by atoms with van der Waals surface area (Å²) in [4.78, 5) is 1.14. The summed E-state index contributed by atoms with van der Waals surface area (Å²) in [5.41, 5.74) is 0. The average Bonchev–Trinajstić information content (AvgIpc) is 2.39. The number of thioether (sulfide) groups is 1. The summed E-state index contributed by atoms with van der Waals surface area (Å²) >= 11 is 7.94. The van der Waals surface area contributed by atoms with Gasteiger partial charge in [0.15, 0.2) is 0 Å². The zero-order chi connectivity index (χ0) is 13.2. The van der Waals surface area contributed by atoms with E-state index in [2.05, 4.69) is 24.2 Å². The molecule has 0 spiro atoms. The van der Waals surface area contributed by atoms with Crippen molar-refractivity contribution in [3.63, 3.8) is 0 Å². The Kier molecular flexibility index (Phi) is 8.00. The number of halogens is 1. The van der Waals surface area contributed by atoms with Crippen LogP contribution in [0.4, 0.5) is 0 Å². The van der Waals surface area contributed by atoms with Crippen molar-refractivity contribution in [3.8, 4) is 12.3 Å². The van der Waals surface area contributed by atoms with Crippen molar-refractivity contribution in [1.82, 2.24) is 5.32 Å². The second-order valence-electron chi connectivity index (χ2n) is 4.14. The molecule has 0 aliphatic rings. The summed E-state index contributed by atoms with van der Waals surface area (Å²) in [6, 6.07) is 8.43. The molecule has 1 nitrogen and oxygen atoms in total. The first-order chi connectivity index (χ1) is 8.77. The lowest BCUT2D eigenvalue weighted by Crippen LogP contribution is -2.31. The van der Waals surface area contributed by atoms with Crippen LogP contribution >= 0.6 is 23.4 Å². The Hall–Kier alpha value is -0.620. The summed E-state index contributed by atoms with van der Waals surface area (Å²) in [6.07, 6.45) is 8.32. The third-order valence-electron chi connectivity index (χ3n) is 2.60. The van der Waals surface area contributed by atoms with Crippen molar-refractivity contribution in [1.29, 1.82) is 0 Å². The maximum atomic E-state index is 6.14. The smallest absolute Gasteiger partial charge is 0.0541 e. The van der Waals surface area contributed by atoms with Gasteiger partial charge in [0.25, 0.3) is 0 Å². The third kappa shape index (κ3) is 5.82. The normalized spacial score (nSPS) is 12.1. The van der Waals surface area contributed by atoms with Crippen LogP contribution in [0.3, 0.4) is 0 Å². The van der Waals surface area contributed by atoms with Crippen molar-refractivity contribution < 1.29 is 0 Å². The molecular formula is C15H20ClNS. The van der Waals surface area contributed by atoms with E-state index in [0.29, 0.717) is 6.04 Å². The topological polar surface area (TPSA) is 12.0 Å². The van der Waals surface area contributed by atoms with Gasteiger partial charge in [-0.25, -0.2) is 0 Å². The van der Waals surface area contributed by atoms with Crippen LogP contribution in [-0.2, 0) is 0 Å². The van der Waals surface area contributed by atoms with Crippen molar-refractivity contribution in [2.45, 2.75) is 37.1 Å². The van der Waals surface area contributed by atoms with Crippen LogP contribution in [0.5, 0.6) is 0 Å². The molecule has 0 fully saturated rings. The van der Waals surface area contributed by atoms with E-state index in [0.717, 1.165) is 41.5 Å². The Morgan fingerprint density at radius 1 is 1.44 bits per heavy atom. The Bertz CT molecular complexity index is 386. The zero-order valence-corrected chi connectivity index (χ0v) is 12.4. The minimum atomic E-state index is 0.460. The lowest BCUT2D eigenvalue weighted by atomic mass is 10.2. The van der Waals surface area contributed by atoms with Crippen molar-refractivity contribution in [2.24, 2.45) is 0 Å². The third-order valence-corrected chi connectivity index (χ3v) is 4.27. The molecule has 0 amide bonds. The Morgan fingerprint density at radius 2 is 2.22 bits per heavy atom. The second kappa shape index (κ2) is 9.33. The number of hydrogen-bond donors (Lipinski definition) is 1. The quantitative estimate of drug-likeness (QED) is 0.566. The summed E-state index contributed by atoms with van der Waals surface area (Å²) in [7, 11) is 0. The maximum absolute atomic E-state index is 6.14. The number of rotatable bonds is 8. The average molecular weight is 282 g/mol. The lowest BCUT2D eigenvalue weighted by Gasteiger charge is -2.17.